The standard InChI is InChI=1S/C23H25NO/c1-14-7-22-19(18-5-3-4-6-21(18)25-22)9-20(14)23-10-16-8-17(11-23)13-24(12-16)15(23)2/h3-7,9,15-17H,8,10-13H2,1-2H3. The Hall–Kier alpha value is -1.80. The third-order valence-electron chi connectivity index (χ3n) is 7.57. The van der Waals surface area contributed by atoms with Crippen molar-refractivity contribution in [3.8, 4) is 0 Å². The molecular formula is C23H25NO. The normalized spacial score (nSPS) is 36.6. The van der Waals surface area contributed by atoms with Gasteiger partial charge in [0, 0.05) is 35.3 Å². The second-order valence-corrected chi connectivity index (χ2v) is 8.92. The Morgan fingerprint density at radius 1 is 1.00 bits per heavy atom. The molecule has 4 heterocycles. The number of fused-ring (bicyclic) bond motifs is 3. The number of hydrogen-bond donors (Lipinski definition) is 0. The molecule has 25 heavy (non-hydrogen) atoms. The minimum absolute atomic E-state index is 0.348. The first kappa shape index (κ1) is 14.4. The molecule has 128 valence electrons. The Labute approximate surface area is 148 Å². The van der Waals surface area contributed by atoms with Crippen molar-refractivity contribution in [2.24, 2.45) is 11.8 Å². The van der Waals surface area contributed by atoms with Crippen molar-refractivity contribution in [3.63, 3.8) is 0 Å². The molecule has 3 aromatic rings. The monoisotopic (exact) mass is 331 g/mol. The van der Waals surface area contributed by atoms with Crippen LogP contribution in [0.25, 0.3) is 21.9 Å². The molecule has 3 aliphatic heterocycles. The van der Waals surface area contributed by atoms with E-state index in [9.17, 15) is 0 Å². The van der Waals surface area contributed by atoms with Crippen LogP contribution in [0.3, 0.4) is 0 Å². The van der Waals surface area contributed by atoms with Gasteiger partial charge in [0.2, 0.25) is 0 Å². The van der Waals surface area contributed by atoms with Gasteiger partial charge in [-0.25, -0.2) is 0 Å². The summed E-state index contributed by atoms with van der Waals surface area (Å²) in [5.74, 6) is 1.81. The van der Waals surface area contributed by atoms with Crippen LogP contribution < -0.4 is 0 Å². The molecule has 0 amide bonds. The molecule has 7 rings (SSSR count). The smallest absolute Gasteiger partial charge is 0.135 e. The van der Waals surface area contributed by atoms with Gasteiger partial charge < -0.3 is 4.42 Å². The Morgan fingerprint density at radius 2 is 1.76 bits per heavy atom. The van der Waals surface area contributed by atoms with E-state index in [1.54, 1.807) is 5.56 Å². The maximum atomic E-state index is 6.12. The Bertz CT molecular complexity index is 986. The van der Waals surface area contributed by atoms with Gasteiger partial charge in [-0.3, -0.25) is 4.90 Å². The van der Waals surface area contributed by atoms with Crippen LogP contribution in [0.1, 0.15) is 37.3 Å². The zero-order chi connectivity index (χ0) is 16.8. The van der Waals surface area contributed by atoms with Crippen LogP contribution in [0.15, 0.2) is 40.8 Å². The van der Waals surface area contributed by atoms with Crippen LogP contribution in [0.4, 0.5) is 0 Å². The number of para-hydroxylation sites is 1. The molecule has 3 unspecified atom stereocenters. The summed E-state index contributed by atoms with van der Waals surface area (Å²) in [6.45, 7) is 7.43. The van der Waals surface area contributed by atoms with Crippen molar-refractivity contribution in [2.75, 3.05) is 13.1 Å². The molecule has 4 bridgehead atoms. The van der Waals surface area contributed by atoms with Gasteiger partial charge in [-0.15, -0.1) is 0 Å². The SMILES string of the molecule is Cc1cc2oc3ccccc3c2cc1C12CC3CC(CN(C3)C1C)C2. The predicted molar refractivity (Wildman–Crippen MR) is 102 cm³/mol. The minimum Gasteiger partial charge on any atom is -0.456 e. The van der Waals surface area contributed by atoms with Crippen molar-refractivity contribution in [3.05, 3.63) is 47.5 Å². The number of aryl methyl sites for hydroxylation is 1. The molecule has 2 aromatic carbocycles. The molecule has 0 N–H and O–H groups in total. The van der Waals surface area contributed by atoms with E-state index in [-0.39, 0.29) is 0 Å². The summed E-state index contributed by atoms with van der Waals surface area (Å²) in [6, 6.07) is 13.9. The van der Waals surface area contributed by atoms with Gasteiger partial charge in [0.15, 0.2) is 0 Å². The van der Waals surface area contributed by atoms with Gasteiger partial charge in [-0.2, -0.15) is 0 Å². The Balaban J connectivity index is 1.61. The predicted octanol–water partition coefficient (Wildman–Crippen LogP) is 5.27. The number of piperidine rings is 3. The average molecular weight is 331 g/mol. The maximum Gasteiger partial charge on any atom is 0.135 e. The second-order valence-electron chi connectivity index (χ2n) is 8.92. The summed E-state index contributed by atoms with van der Waals surface area (Å²) in [6.07, 6.45) is 4.22. The third-order valence-corrected chi connectivity index (χ3v) is 7.57. The number of nitrogens with zero attached hydrogens (tertiary/aromatic N) is 1. The molecule has 1 aromatic heterocycles. The topological polar surface area (TPSA) is 16.4 Å². The van der Waals surface area contributed by atoms with Crippen molar-refractivity contribution in [1.82, 2.24) is 4.90 Å². The summed E-state index contributed by atoms with van der Waals surface area (Å²) in [4.78, 5) is 2.78. The zero-order valence-corrected chi connectivity index (χ0v) is 15.1. The van der Waals surface area contributed by atoms with Crippen LogP contribution in [-0.4, -0.2) is 24.0 Å². The van der Waals surface area contributed by atoms with Crippen molar-refractivity contribution < 1.29 is 4.42 Å². The van der Waals surface area contributed by atoms with Crippen LogP contribution in [0.2, 0.25) is 0 Å². The molecule has 2 heteroatoms. The lowest BCUT2D eigenvalue weighted by Crippen LogP contribution is -2.65. The first-order chi connectivity index (χ1) is 12.1. The minimum atomic E-state index is 0.348. The van der Waals surface area contributed by atoms with Gasteiger partial charge in [0.1, 0.15) is 11.2 Å². The van der Waals surface area contributed by atoms with E-state index in [0.717, 1.165) is 23.0 Å². The molecule has 4 fully saturated rings. The second kappa shape index (κ2) is 4.67. The fraction of sp³-hybridized carbons (Fsp3) is 0.478. The summed E-state index contributed by atoms with van der Waals surface area (Å²) >= 11 is 0. The first-order valence-corrected chi connectivity index (χ1v) is 9.80. The van der Waals surface area contributed by atoms with Crippen LogP contribution in [0.5, 0.6) is 0 Å². The molecule has 3 saturated heterocycles. The van der Waals surface area contributed by atoms with E-state index in [1.165, 1.54) is 48.7 Å². The fourth-order valence-electron chi connectivity index (χ4n) is 6.63. The third kappa shape index (κ3) is 1.79. The van der Waals surface area contributed by atoms with E-state index in [0.29, 0.717) is 11.5 Å². The maximum absolute atomic E-state index is 6.12. The molecule has 0 radical (unpaired) electrons. The number of benzene rings is 2. The Morgan fingerprint density at radius 3 is 2.56 bits per heavy atom. The molecule has 0 spiro atoms. The van der Waals surface area contributed by atoms with Gasteiger partial charge in [-0.1, -0.05) is 18.2 Å². The van der Waals surface area contributed by atoms with Crippen LogP contribution >= 0.6 is 0 Å². The lowest BCUT2D eigenvalue weighted by atomic mass is 9.53. The highest BCUT2D eigenvalue weighted by Gasteiger charge is 2.55. The number of furan rings is 1. The van der Waals surface area contributed by atoms with Crippen molar-refractivity contribution >= 4 is 21.9 Å². The highest BCUT2D eigenvalue weighted by Crippen LogP contribution is 2.56. The number of hydrogen-bond acceptors (Lipinski definition) is 2. The lowest BCUT2D eigenvalue weighted by molar-refractivity contribution is -0.0788. The van der Waals surface area contributed by atoms with Gasteiger partial charge in [0.25, 0.3) is 0 Å². The van der Waals surface area contributed by atoms with E-state index >= 15 is 0 Å². The van der Waals surface area contributed by atoms with Crippen molar-refractivity contribution in [2.45, 2.75) is 44.6 Å². The van der Waals surface area contributed by atoms with E-state index < -0.39 is 0 Å². The van der Waals surface area contributed by atoms with E-state index in [4.69, 9.17) is 4.42 Å². The van der Waals surface area contributed by atoms with Gasteiger partial charge in [-0.05, 0) is 74.3 Å². The molecule has 4 aliphatic rings. The Kier molecular flexibility index (Phi) is 2.69. The summed E-state index contributed by atoms with van der Waals surface area (Å²) in [7, 11) is 0. The quantitative estimate of drug-likeness (QED) is 0.604. The zero-order valence-electron chi connectivity index (χ0n) is 15.1. The summed E-state index contributed by atoms with van der Waals surface area (Å²) in [5.41, 5.74) is 5.41. The summed E-state index contributed by atoms with van der Waals surface area (Å²) in [5, 5.41) is 2.56. The average Bonchev–Trinajstić information content (AvgIpc) is 2.95. The van der Waals surface area contributed by atoms with Crippen molar-refractivity contribution in [1.29, 1.82) is 0 Å². The molecule has 3 atom stereocenters. The molecule has 1 aliphatic carbocycles. The van der Waals surface area contributed by atoms with Crippen LogP contribution in [0, 0.1) is 18.8 Å². The van der Waals surface area contributed by atoms with Gasteiger partial charge in [0.05, 0.1) is 0 Å². The lowest BCUT2D eigenvalue weighted by Gasteiger charge is -2.62. The van der Waals surface area contributed by atoms with Crippen LogP contribution in [-0.2, 0) is 5.41 Å². The van der Waals surface area contributed by atoms with Gasteiger partial charge >= 0.3 is 0 Å². The largest absolute Gasteiger partial charge is 0.456 e. The highest BCUT2D eigenvalue weighted by molar-refractivity contribution is 6.05. The highest BCUT2D eigenvalue weighted by atomic mass is 16.3. The molecule has 1 saturated carbocycles. The molecule has 2 nitrogen and oxygen atoms in total. The van der Waals surface area contributed by atoms with E-state index in [2.05, 4.69) is 55.1 Å². The number of rotatable bonds is 1. The summed E-state index contributed by atoms with van der Waals surface area (Å²) < 4.78 is 6.12. The van der Waals surface area contributed by atoms with E-state index in [1.807, 2.05) is 0 Å². The first-order valence-electron chi connectivity index (χ1n) is 9.80. The molecular weight excluding hydrogens is 306 g/mol. The fourth-order valence-corrected chi connectivity index (χ4v) is 6.63.